The van der Waals surface area contributed by atoms with Crippen molar-refractivity contribution in [1.29, 1.82) is 0 Å². The summed E-state index contributed by atoms with van der Waals surface area (Å²) in [7, 11) is 0. The Morgan fingerprint density at radius 2 is 1.91 bits per heavy atom. The van der Waals surface area contributed by atoms with Gasteiger partial charge in [-0.15, -0.1) is 16.4 Å². The van der Waals surface area contributed by atoms with Gasteiger partial charge in [-0.3, -0.25) is 14.5 Å². The summed E-state index contributed by atoms with van der Waals surface area (Å²) < 4.78 is 0. The number of carbonyl (C=O) groups is 2. The van der Waals surface area contributed by atoms with Crippen LogP contribution >= 0.6 is 11.3 Å². The van der Waals surface area contributed by atoms with Gasteiger partial charge in [0.1, 0.15) is 0 Å². The summed E-state index contributed by atoms with van der Waals surface area (Å²) in [5.41, 5.74) is 1.93. The minimum atomic E-state index is -0.0756. The Morgan fingerprint density at radius 1 is 1.06 bits per heavy atom. The van der Waals surface area contributed by atoms with E-state index in [1.807, 2.05) is 17.5 Å². The molecular weight excluding hydrogens is 436 g/mol. The van der Waals surface area contributed by atoms with E-state index in [0.717, 1.165) is 30.6 Å². The van der Waals surface area contributed by atoms with Crippen LogP contribution in [0, 0.1) is 17.8 Å². The number of nitrogens with one attached hydrogen (secondary N) is 2. The lowest BCUT2D eigenvalue weighted by Gasteiger charge is -2.32. The van der Waals surface area contributed by atoms with E-state index < -0.39 is 0 Å². The molecule has 0 spiro atoms. The minimum Gasteiger partial charge on any atom is -0.316 e. The molecule has 2 aliphatic heterocycles. The van der Waals surface area contributed by atoms with Crippen molar-refractivity contribution in [2.24, 2.45) is 17.8 Å². The number of Topliss-reactive ketones (excluding diaryl/α,β-unsaturated/α-hetero) is 1. The molecule has 8 nitrogen and oxygen atoms in total. The molecule has 33 heavy (non-hydrogen) atoms. The monoisotopic (exact) mass is 462 g/mol. The summed E-state index contributed by atoms with van der Waals surface area (Å²) in [4.78, 5) is 32.0. The fraction of sp³-hybridized carbons (Fsp3) is 0.375. The lowest BCUT2D eigenvalue weighted by Crippen LogP contribution is -2.51. The van der Waals surface area contributed by atoms with Crippen LogP contribution in [-0.2, 0) is 11.2 Å². The van der Waals surface area contributed by atoms with E-state index in [-0.39, 0.29) is 29.4 Å². The molecule has 1 aromatic carbocycles. The highest BCUT2D eigenvalue weighted by atomic mass is 32.1. The first kappa shape index (κ1) is 21.8. The predicted molar refractivity (Wildman–Crippen MR) is 127 cm³/mol. The quantitative estimate of drug-likeness (QED) is 0.520. The molecule has 2 atom stereocenters. The van der Waals surface area contributed by atoms with Crippen LogP contribution in [0.25, 0.3) is 0 Å². The zero-order valence-corrected chi connectivity index (χ0v) is 19.0. The molecule has 0 bridgehead atoms. The summed E-state index contributed by atoms with van der Waals surface area (Å²) in [6, 6.07) is 11.6. The third-order valence-corrected chi connectivity index (χ3v) is 7.22. The van der Waals surface area contributed by atoms with E-state index >= 15 is 0 Å². The second-order valence-electron chi connectivity index (χ2n) is 8.54. The van der Waals surface area contributed by atoms with Gasteiger partial charge in [-0.1, -0.05) is 12.1 Å². The lowest BCUT2D eigenvalue weighted by atomic mass is 9.79. The van der Waals surface area contributed by atoms with Crippen molar-refractivity contribution < 1.29 is 9.59 Å². The van der Waals surface area contributed by atoms with E-state index in [1.165, 1.54) is 11.3 Å². The summed E-state index contributed by atoms with van der Waals surface area (Å²) in [5, 5.41) is 17.1. The van der Waals surface area contributed by atoms with E-state index in [4.69, 9.17) is 0 Å². The van der Waals surface area contributed by atoms with Gasteiger partial charge in [-0.05, 0) is 55.1 Å². The Balaban J connectivity index is 1.34. The summed E-state index contributed by atoms with van der Waals surface area (Å²) in [6.07, 6.45) is 5.05. The Bertz CT molecular complexity index is 1090. The van der Waals surface area contributed by atoms with Crippen LogP contribution in [-0.4, -0.2) is 53.1 Å². The van der Waals surface area contributed by atoms with Gasteiger partial charge in [0.05, 0.1) is 11.6 Å². The largest absolute Gasteiger partial charge is 0.316 e. The van der Waals surface area contributed by atoms with Gasteiger partial charge >= 0.3 is 0 Å². The minimum absolute atomic E-state index is 0.0227. The van der Waals surface area contributed by atoms with Gasteiger partial charge in [0.2, 0.25) is 5.91 Å². The number of benzene rings is 1. The summed E-state index contributed by atoms with van der Waals surface area (Å²) in [6.45, 7) is 2.95. The van der Waals surface area contributed by atoms with Crippen molar-refractivity contribution in [1.82, 2.24) is 25.8 Å². The van der Waals surface area contributed by atoms with Crippen molar-refractivity contribution in [2.75, 3.05) is 31.1 Å². The Morgan fingerprint density at radius 3 is 2.58 bits per heavy atom. The first-order valence-corrected chi connectivity index (χ1v) is 12.1. The van der Waals surface area contributed by atoms with Crippen molar-refractivity contribution in [3.05, 3.63) is 64.7 Å². The first-order valence-electron chi connectivity index (χ1n) is 11.3. The van der Waals surface area contributed by atoms with Crippen molar-refractivity contribution in [2.45, 2.75) is 12.8 Å². The molecule has 0 radical (unpaired) electrons. The number of amides is 1. The maximum Gasteiger partial charge on any atom is 0.238 e. The van der Waals surface area contributed by atoms with Crippen LogP contribution in [0.3, 0.4) is 0 Å². The molecule has 2 aliphatic rings. The van der Waals surface area contributed by atoms with Crippen molar-refractivity contribution in [3.63, 3.8) is 0 Å². The van der Waals surface area contributed by atoms with E-state index in [9.17, 15) is 9.59 Å². The molecule has 3 aromatic rings. The Hall–Kier alpha value is -3.01. The fourth-order valence-electron chi connectivity index (χ4n) is 4.48. The topological polar surface area (TPSA) is 100 Å². The second kappa shape index (κ2) is 9.86. The number of rotatable bonds is 7. The zero-order valence-electron chi connectivity index (χ0n) is 18.2. The SMILES string of the molecule is O=C(c1nccs1)C1CNCCC1Cc1ccc(N(C(=O)C2CNC2)c2cccnn2)cc1. The number of anilines is 2. The number of piperidine rings is 1. The van der Waals surface area contributed by atoms with Crippen molar-refractivity contribution >= 4 is 34.5 Å². The number of hydrogen-bond acceptors (Lipinski definition) is 8. The predicted octanol–water partition coefficient (Wildman–Crippen LogP) is 2.47. The van der Waals surface area contributed by atoms with Gasteiger partial charge in [-0.25, -0.2) is 4.98 Å². The molecule has 2 fully saturated rings. The molecule has 0 saturated carbocycles. The first-order chi connectivity index (χ1) is 16.2. The maximum absolute atomic E-state index is 13.1. The summed E-state index contributed by atoms with van der Waals surface area (Å²) in [5.74, 6) is 0.802. The highest BCUT2D eigenvalue weighted by molar-refractivity contribution is 7.11. The lowest BCUT2D eigenvalue weighted by molar-refractivity contribution is -0.123. The smallest absolute Gasteiger partial charge is 0.238 e. The average Bonchev–Trinajstić information content (AvgIpc) is 3.35. The molecule has 2 saturated heterocycles. The van der Waals surface area contributed by atoms with Crippen molar-refractivity contribution in [3.8, 4) is 0 Å². The fourth-order valence-corrected chi connectivity index (χ4v) is 5.12. The van der Waals surface area contributed by atoms with Gasteiger partial charge in [0.25, 0.3) is 0 Å². The molecule has 4 heterocycles. The number of nitrogens with zero attached hydrogens (tertiary/aromatic N) is 4. The van der Waals surface area contributed by atoms with Crippen LogP contribution in [0.2, 0.25) is 0 Å². The highest BCUT2D eigenvalue weighted by Crippen LogP contribution is 2.30. The van der Waals surface area contributed by atoms with E-state index in [1.54, 1.807) is 29.4 Å². The second-order valence-corrected chi connectivity index (χ2v) is 9.44. The number of hydrogen-bond donors (Lipinski definition) is 2. The van der Waals surface area contributed by atoms with Gasteiger partial charge in [0.15, 0.2) is 16.6 Å². The van der Waals surface area contributed by atoms with E-state index in [0.29, 0.717) is 30.5 Å². The van der Waals surface area contributed by atoms with Gasteiger partial charge in [-0.2, -0.15) is 5.10 Å². The molecular formula is C24H26N6O2S. The van der Waals surface area contributed by atoms with Crippen LogP contribution in [0.15, 0.2) is 54.2 Å². The zero-order chi connectivity index (χ0) is 22.6. The third kappa shape index (κ3) is 4.71. The van der Waals surface area contributed by atoms with E-state index in [2.05, 4.69) is 37.9 Å². The Labute approximate surface area is 196 Å². The van der Waals surface area contributed by atoms with Crippen LogP contribution in [0.5, 0.6) is 0 Å². The number of carbonyl (C=O) groups excluding carboxylic acids is 2. The molecule has 9 heteroatoms. The van der Waals surface area contributed by atoms with Gasteiger partial charge in [0, 0.05) is 43.3 Å². The Kier molecular flexibility index (Phi) is 6.52. The normalized spacial score (nSPS) is 20.7. The van der Waals surface area contributed by atoms with Crippen LogP contribution < -0.4 is 15.5 Å². The van der Waals surface area contributed by atoms with Crippen LogP contribution in [0.4, 0.5) is 11.5 Å². The average molecular weight is 463 g/mol. The number of ketones is 1. The number of aromatic nitrogens is 3. The molecule has 2 aromatic heterocycles. The van der Waals surface area contributed by atoms with Crippen LogP contribution in [0.1, 0.15) is 21.8 Å². The molecule has 2 N–H and O–H groups in total. The number of thiazole rings is 1. The molecule has 170 valence electrons. The summed E-state index contributed by atoms with van der Waals surface area (Å²) >= 11 is 1.41. The molecule has 1 amide bonds. The highest BCUT2D eigenvalue weighted by Gasteiger charge is 2.34. The standard InChI is InChI=1S/C24H26N6O2S/c31-22(23-27-10-11-33-23)20-15-25-9-7-17(20)12-16-3-5-19(6-4-16)30(21-2-1-8-28-29-21)24(32)18-13-26-14-18/h1-6,8,10-11,17-18,20,25-26H,7,9,12-15H2. The molecule has 5 rings (SSSR count). The third-order valence-electron chi connectivity index (χ3n) is 6.44. The maximum atomic E-state index is 13.1. The van der Waals surface area contributed by atoms with Gasteiger partial charge < -0.3 is 10.6 Å². The molecule has 0 aliphatic carbocycles. The molecule has 2 unspecified atom stereocenters.